The van der Waals surface area contributed by atoms with Crippen LogP contribution in [0.2, 0.25) is 0 Å². The van der Waals surface area contributed by atoms with Crippen molar-refractivity contribution in [2.24, 2.45) is 5.84 Å². The zero-order valence-corrected chi connectivity index (χ0v) is 12.4. The van der Waals surface area contributed by atoms with Crippen LogP contribution < -0.4 is 11.3 Å². The monoisotopic (exact) mass is 282 g/mol. The second-order valence-corrected chi connectivity index (χ2v) is 6.36. The fourth-order valence-electron chi connectivity index (χ4n) is 2.47. The van der Waals surface area contributed by atoms with E-state index in [1.807, 2.05) is 12.1 Å². The van der Waals surface area contributed by atoms with Crippen molar-refractivity contribution in [3.05, 3.63) is 21.9 Å². The van der Waals surface area contributed by atoms with E-state index < -0.39 is 0 Å². The molecule has 6 heteroatoms. The molecular weight excluding hydrogens is 260 g/mol. The summed E-state index contributed by atoms with van der Waals surface area (Å²) in [5.74, 6) is 4.93. The van der Waals surface area contributed by atoms with Crippen LogP contribution in [0.15, 0.2) is 12.1 Å². The lowest BCUT2D eigenvalue weighted by atomic mass is 10.0. The fraction of sp³-hybridized carbons (Fsp3) is 0.615. The Morgan fingerprint density at radius 3 is 2.84 bits per heavy atom. The number of amides is 1. The second kappa shape index (κ2) is 6.47. The maximum Gasteiger partial charge on any atom is 0.275 e. The van der Waals surface area contributed by atoms with E-state index in [2.05, 4.69) is 29.3 Å². The number of hydrazine groups is 1. The number of hydrogen-bond acceptors (Lipinski definition) is 5. The highest BCUT2D eigenvalue weighted by molar-refractivity contribution is 7.14. The van der Waals surface area contributed by atoms with Crippen LogP contribution in [0.5, 0.6) is 0 Å². The largest absolute Gasteiger partial charge is 0.306 e. The molecule has 1 aromatic rings. The van der Waals surface area contributed by atoms with E-state index in [1.54, 1.807) is 0 Å². The summed E-state index contributed by atoms with van der Waals surface area (Å²) < 4.78 is 0. The molecule has 2 heterocycles. The SMILES string of the molecule is CN1CCC(N(C)Cc2ccc(C(=O)NN)s2)CC1. The molecule has 0 aromatic carbocycles. The number of carbonyl (C=O) groups excluding carboxylic acids is 1. The Balaban J connectivity index is 1.89. The quantitative estimate of drug-likeness (QED) is 0.489. The average Bonchev–Trinajstić information content (AvgIpc) is 2.87. The molecule has 3 N–H and O–H groups in total. The Morgan fingerprint density at radius 2 is 2.21 bits per heavy atom. The van der Waals surface area contributed by atoms with Gasteiger partial charge in [-0.05, 0) is 52.2 Å². The molecule has 0 saturated carbocycles. The summed E-state index contributed by atoms with van der Waals surface area (Å²) >= 11 is 1.51. The van der Waals surface area contributed by atoms with Gasteiger partial charge in [-0.15, -0.1) is 11.3 Å². The van der Waals surface area contributed by atoms with Crippen LogP contribution in [0.3, 0.4) is 0 Å². The van der Waals surface area contributed by atoms with Gasteiger partial charge in [-0.25, -0.2) is 5.84 Å². The molecule has 0 unspecified atom stereocenters. The Labute approximate surface area is 118 Å². The van der Waals surface area contributed by atoms with Crippen LogP contribution in [0.4, 0.5) is 0 Å². The summed E-state index contributed by atoms with van der Waals surface area (Å²) in [7, 11) is 4.34. The van der Waals surface area contributed by atoms with Crippen molar-refractivity contribution >= 4 is 17.2 Å². The summed E-state index contributed by atoms with van der Waals surface area (Å²) in [6.07, 6.45) is 2.43. The van der Waals surface area contributed by atoms with Gasteiger partial charge >= 0.3 is 0 Å². The number of likely N-dealkylation sites (tertiary alicyclic amines) is 1. The van der Waals surface area contributed by atoms with Crippen LogP contribution in [-0.2, 0) is 6.54 Å². The Kier molecular flexibility index (Phi) is 4.93. The zero-order chi connectivity index (χ0) is 13.8. The van der Waals surface area contributed by atoms with Gasteiger partial charge in [-0.2, -0.15) is 0 Å². The molecule has 106 valence electrons. The number of nitrogens with two attached hydrogens (primary N) is 1. The first-order valence-electron chi connectivity index (χ1n) is 6.58. The molecule has 0 bridgehead atoms. The third-order valence-electron chi connectivity index (χ3n) is 3.73. The number of piperidine rings is 1. The van der Waals surface area contributed by atoms with Gasteiger partial charge in [0, 0.05) is 17.5 Å². The molecule has 1 saturated heterocycles. The van der Waals surface area contributed by atoms with Gasteiger partial charge in [0.1, 0.15) is 0 Å². The lowest BCUT2D eigenvalue weighted by Crippen LogP contribution is -2.41. The smallest absolute Gasteiger partial charge is 0.275 e. The number of rotatable bonds is 4. The molecule has 2 rings (SSSR count). The average molecular weight is 282 g/mol. The van der Waals surface area contributed by atoms with Gasteiger partial charge < -0.3 is 4.90 Å². The highest BCUT2D eigenvalue weighted by Crippen LogP contribution is 2.21. The molecule has 0 atom stereocenters. The first-order chi connectivity index (χ1) is 9.10. The normalized spacial score (nSPS) is 17.9. The standard InChI is InChI=1S/C13H22N4OS/c1-16-7-5-10(6-8-16)17(2)9-11-3-4-12(19-11)13(18)15-14/h3-4,10H,5-9,14H2,1-2H3,(H,15,18). The molecule has 0 aliphatic carbocycles. The molecule has 1 aliphatic rings. The lowest BCUT2D eigenvalue weighted by molar-refractivity contribution is 0.0957. The summed E-state index contributed by atoms with van der Waals surface area (Å²) in [6, 6.07) is 4.50. The fourth-order valence-corrected chi connectivity index (χ4v) is 3.44. The van der Waals surface area contributed by atoms with E-state index in [1.165, 1.54) is 42.1 Å². The van der Waals surface area contributed by atoms with E-state index in [0.717, 1.165) is 6.54 Å². The molecule has 5 nitrogen and oxygen atoms in total. The summed E-state index contributed by atoms with van der Waals surface area (Å²) in [6.45, 7) is 3.23. The molecule has 1 aliphatic heterocycles. The molecule has 0 spiro atoms. The van der Waals surface area contributed by atoms with Crippen molar-refractivity contribution < 1.29 is 4.79 Å². The topological polar surface area (TPSA) is 61.6 Å². The van der Waals surface area contributed by atoms with Crippen molar-refractivity contribution in [3.8, 4) is 0 Å². The number of nitrogen functional groups attached to an aromatic ring is 1. The number of nitrogens with zero attached hydrogens (tertiary/aromatic N) is 2. The van der Waals surface area contributed by atoms with Crippen molar-refractivity contribution in [1.29, 1.82) is 0 Å². The Hall–Kier alpha value is -0.950. The Bertz CT molecular complexity index is 426. The van der Waals surface area contributed by atoms with Crippen molar-refractivity contribution in [1.82, 2.24) is 15.2 Å². The molecule has 1 amide bonds. The van der Waals surface area contributed by atoms with E-state index in [0.29, 0.717) is 10.9 Å². The maximum absolute atomic E-state index is 11.4. The summed E-state index contributed by atoms with van der Waals surface area (Å²) in [5, 5.41) is 0. The van der Waals surface area contributed by atoms with E-state index in [4.69, 9.17) is 5.84 Å². The maximum atomic E-state index is 11.4. The first kappa shape index (κ1) is 14.5. The van der Waals surface area contributed by atoms with E-state index in [-0.39, 0.29) is 5.91 Å². The van der Waals surface area contributed by atoms with Crippen LogP contribution >= 0.6 is 11.3 Å². The first-order valence-corrected chi connectivity index (χ1v) is 7.40. The minimum Gasteiger partial charge on any atom is -0.306 e. The minimum absolute atomic E-state index is 0.210. The minimum atomic E-state index is -0.210. The van der Waals surface area contributed by atoms with Gasteiger partial charge in [0.05, 0.1) is 4.88 Å². The van der Waals surface area contributed by atoms with Gasteiger partial charge in [-0.1, -0.05) is 0 Å². The van der Waals surface area contributed by atoms with Crippen LogP contribution in [0.25, 0.3) is 0 Å². The van der Waals surface area contributed by atoms with E-state index >= 15 is 0 Å². The molecule has 0 radical (unpaired) electrons. The second-order valence-electron chi connectivity index (χ2n) is 5.19. The third kappa shape index (κ3) is 3.76. The summed E-state index contributed by atoms with van der Waals surface area (Å²) in [4.78, 5) is 18.1. The third-order valence-corrected chi connectivity index (χ3v) is 4.80. The number of nitrogens with one attached hydrogen (secondary N) is 1. The number of hydrogen-bond donors (Lipinski definition) is 2. The van der Waals surface area contributed by atoms with Gasteiger partial charge in [0.2, 0.25) is 0 Å². The predicted octanol–water partition coefficient (Wildman–Crippen LogP) is 0.878. The molecule has 1 aromatic heterocycles. The molecule has 1 fully saturated rings. The number of thiophene rings is 1. The molecule has 19 heavy (non-hydrogen) atoms. The van der Waals surface area contributed by atoms with Crippen molar-refractivity contribution in [2.75, 3.05) is 27.2 Å². The number of carbonyl (C=O) groups is 1. The van der Waals surface area contributed by atoms with Gasteiger partial charge in [0.15, 0.2) is 0 Å². The van der Waals surface area contributed by atoms with Crippen LogP contribution in [0, 0.1) is 0 Å². The predicted molar refractivity (Wildman–Crippen MR) is 78.0 cm³/mol. The van der Waals surface area contributed by atoms with Crippen molar-refractivity contribution in [2.45, 2.75) is 25.4 Å². The van der Waals surface area contributed by atoms with E-state index in [9.17, 15) is 4.79 Å². The zero-order valence-electron chi connectivity index (χ0n) is 11.6. The highest BCUT2D eigenvalue weighted by Gasteiger charge is 2.21. The summed E-state index contributed by atoms with van der Waals surface area (Å²) in [5.41, 5.74) is 2.17. The van der Waals surface area contributed by atoms with Gasteiger partial charge in [-0.3, -0.25) is 15.1 Å². The van der Waals surface area contributed by atoms with Crippen molar-refractivity contribution in [3.63, 3.8) is 0 Å². The Morgan fingerprint density at radius 1 is 1.53 bits per heavy atom. The lowest BCUT2D eigenvalue weighted by Gasteiger charge is -2.34. The van der Waals surface area contributed by atoms with Crippen LogP contribution in [-0.4, -0.2) is 48.9 Å². The van der Waals surface area contributed by atoms with Crippen LogP contribution in [0.1, 0.15) is 27.4 Å². The van der Waals surface area contributed by atoms with Gasteiger partial charge in [0.25, 0.3) is 5.91 Å². The molecular formula is C13H22N4OS. The highest BCUT2D eigenvalue weighted by atomic mass is 32.1.